The summed E-state index contributed by atoms with van der Waals surface area (Å²) < 4.78 is 15.8. The van der Waals surface area contributed by atoms with E-state index in [2.05, 4.69) is 13.2 Å². The fraction of sp³-hybridized carbons (Fsp3) is 0.100. The van der Waals surface area contributed by atoms with E-state index in [4.69, 9.17) is 14.2 Å². The second kappa shape index (κ2) is 8.49. The molecule has 25 heavy (non-hydrogen) atoms. The van der Waals surface area contributed by atoms with Crippen molar-refractivity contribution in [3.05, 3.63) is 78.9 Å². The molecule has 0 N–H and O–H groups in total. The number of para-hydroxylation sites is 1. The van der Waals surface area contributed by atoms with Crippen molar-refractivity contribution < 1.29 is 23.8 Å². The average Bonchev–Trinajstić information content (AvgIpc) is 2.61. The fourth-order valence-electron chi connectivity index (χ4n) is 1.84. The summed E-state index contributed by atoms with van der Waals surface area (Å²) in [7, 11) is 0. The molecule has 5 nitrogen and oxygen atoms in total. The number of carbonyl (C=O) groups excluding carboxylic acids is 2. The molecule has 0 heterocycles. The SMILES string of the molecule is C=CCOc1ccccc1C(=O)Oc1ccc(OC(=O)C(=C)C)cc1. The molecule has 0 spiro atoms. The Morgan fingerprint density at radius 2 is 1.60 bits per heavy atom. The zero-order chi connectivity index (χ0) is 18.2. The van der Waals surface area contributed by atoms with Crippen LogP contribution in [0.2, 0.25) is 0 Å². The van der Waals surface area contributed by atoms with Gasteiger partial charge >= 0.3 is 11.9 Å². The van der Waals surface area contributed by atoms with Crippen LogP contribution in [0.1, 0.15) is 17.3 Å². The predicted molar refractivity (Wildman–Crippen MR) is 94.0 cm³/mol. The molecule has 0 aliphatic carbocycles. The zero-order valence-corrected chi connectivity index (χ0v) is 13.9. The van der Waals surface area contributed by atoms with E-state index in [1.807, 2.05) is 0 Å². The first kappa shape index (κ1) is 18.0. The Morgan fingerprint density at radius 3 is 2.20 bits per heavy atom. The highest BCUT2D eigenvalue weighted by Crippen LogP contribution is 2.23. The molecule has 0 aliphatic rings. The summed E-state index contributed by atoms with van der Waals surface area (Å²) in [6, 6.07) is 12.9. The average molecular weight is 338 g/mol. The molecule has 0 aliphatic heterocycles. The van der Waals surface area contributed by atoms with E-state index >= 15 is 0 Å². The first-order chi connectivity index (χ1) is 12.0. The van der Waals surface area contributed by atoms with Crippen molar-refractivity contribution in [1.29, 1.82) is 0 Å². The van der Waals surface area contributed by atoms with Crippen molar-refractivity contribution in [3.8, 4) is 17.2 Å². The molecule has 128 valence electrons. The van der Waals surface area contributed by atoms with Crippen molar-refractivity contribution in [2.45, 2.75) is 6.92 Å². The van der Waals surface area contributed by atoms with Gasteiger partial charge < -0.3 is 14.2 Å². The monoisotopic (exact) mass is 338 g/mol. The minimum Gasteiger partial charge on any atom is -0.489 e. The number of benzene rings is 2. The quantitative estimate of drug-likeness (QED) is 0.331. The molecule has 0 amide bonds. The van der Waals surface area contributed by atoms with E-state index in [-0.39, 0.29) is 6.61 Å². The second-order valence-corrected chi connectivity index (χ2v) is 5.13. The zero-order valence-electron chi connectivity index (χ0n) is 13.9. The maximum atomic E-state index is 12.3. The Balaban J connectivity index is 2.07. The third kappa shape index (κ3) is 5.07. The van der Waals surface area contributed by atoms with Crippen LogP contribution >= 0.6 is 0 Å². The van der Waals surface area contributed by atoms with Gasteiger partial charge in [-0.3, -0.25) is 0 Å². The molecular formula is C20H18O5. The lowest BCUT2D eigenvalue weighted by Crippen LogP contribution is -2.11. The van der Waals surface area contributed by atoms with Gasteiger partial charge in [-0.05, 0) is 43.3 Å². The van der Waals surface area contributed by atoms with Crippen molar-refractivity contribution in [3.63, 3.8) is 0 Å². The van der Waals surface area contributed by atoms with Crippen LogP contribution in [0.3, 0.4) is 0 Å². The van der Waals surface area contributed by atoms with Crippen LogP contribution in [0.5, 0.6) is 17.2 Å². The summed E-state index contributed by atoms with van der Waals surface area (Å²) in [4.78, 5) is 23.8. The van der Waals surface area contributed by atoms with Gasteiger partial charge in [0.05, 0.1) is 0 Å². The Labute approximate surface area is 146 Å². The fourth-order valence-corrected chi connectivity index (χ4v) is 1.84. The Hall–Kier alpha value is -3.34. The number of rotatable bonds is 7. The van der Waals surface area contributed by atoms with Gasteiger partial charge in [0.15, 0.2) is 0 Å². The molecule has 0 unspecified atom stereocenters. The van der Waals surface area contributed by atoms with Gasteiger partial charge in [0.1, 0.15) is 29.4 Å². The predicted octanol–water partition coefficient (Wildman–Crippen LogP) is 3.95. The van der Waals surface area contributed by atoms with E-state index in [1.165, 1.54) is 24.3 Å². The van der Waals surface area contributed by atoms with E-state index < -0.39 is 11.9 Å². The molecule has 2 aromatic carbocycles. The van der Waals surface area contributed by atoms with Gasteiger partial charge in [0, 0.05) is 5.57 Å². The lowest BCUT2D eigenvalue weighted by Gasteiger charge is -2.10. The summed E-state index contributed by atoms with van der Waals surface area (Å²) in [6.45, 7) is 8.93. The van der Waals surface area contributed by atoms with Crippen LogP contribution in [0.4, 0.5) is 0 Å². The number of ether oxygens (including phenoxy) is 3. The van der Waals surface area contributed by atoms with Crippen molar-refractivity contribution in [2.75, 3.05) is 6.61 Å². The molecule has 0 saturated carbocycles. The van der Waals surface area contributed by atoms with Gasteiger partial charge in [-0.1, -0.05) is 31.4 Å². The van der Waals surface area contributed by atoms with Crippen molar-refractivity contribution in [1.82, 2.24) is 0 Å². The molecule has 0 bridgehead atoms. The first-order valence-electron chi connectivity index (χ1n) is 7.54. The summed E-state index contributed by atoms with van der Waals surface area (Å²) in [5, 5.41) is 0. The standard InChI is InChI=1S/C20H18O5/c1-4-13-23-18-8-6-5-7-17(18)20(22)25-16-11-9-15(10-12-16)24-19(21)14(2)3/h4-12H,1-2,13H2,3H3. The topological polar surface area (TPSA) is 61.8 Å². The van der Waals surface area contributed by atoms with Crippen LogP contribution in [0, 0.1) is 0 Å². The molecule has 0 aromatic heterocycles. The van der Waals surface area contributed by atoms with E-state index in [1.54, 1.807) is 37.3 Å². The van der Waals surface area contributed by atoms with Gasteiger partial charge in [-0.25, -0.2) is 9.59 Å². The lowest BCUT2D eigenvalue weighted by molar-refractivity contribution is -0.130. The molecule has 0 saturated heterocycles. The summed E-state index contributed by atoms with van der Waals surface area (Å²) in [5.74, 6) is 0.00459. The number of hydrogen-bond donors (Lipinski definition) is 0. The van der Waals surface area contributed by atoms with E-state index in [0.717, 1.165) is 0 Å². The van der Waals surface area contributed by atoms with E-state index in [0.29, 0.717) is 28.4 Å². The molecular weight excluding hydrogens is 320 g/mol. The highest BCUT2D eigenvalue weighted by molar-refractivity contribution is 5.94. The van der Waals surface area contributed by atoms with Crippen LogP contribution in [0.25, 0.3) is 0 Å². The summed E-state index contributed by atoms with van der Waals surface area (Å²) >= 11 is 0. The van der Waals surface area contributed by atoms with Gasteiger partial charge in [0.25, 0.3) is 0 Å². The molecule has 2 aromatic rings. The van der Waals surface area contributed by atoms with Gasteiger partial charge in [-0.15, -0.1) is 0 Å². The van der Waals surface area contributed by atoms with Crippen molar-refractivity contribution in [2.24, 2.45) is 0 Å². The molecule has 0 atom stereocenters. The molecule has 0 radical (unpaired) electrons. The Bertz CT molecular complexity index is 790. The van der Waals surface area contributed by atoms with Crippen LogP contribution in [-0.4, -0.2) is 18.5 Å². The Kier molecular flexibility index (Phi) is 6.12. The highest BCUT2D eigenvalue weighted by Gasteiger charge is 2.14. The molecule has 0 fully saturated rings. The van der Waals surface area contributed by atoms with E-state index in [9.17, 15) is 9.59 Å². The minimum atomic E-state index is -0.550. The minimum absolute atomic E-state index is 0.285. The van der Waals surface area contributed by atoms with Crippen LogP contribution in [-0.2, 0) is 4.79 Å². The first-order valence-corrected chi connectivity index (χ1v) is 7.54. The smallest absolute Gasteiger partial charge is 0.347 e. The Morgan fingerprint density at radius 1 is 1.00 bits per heavy atom. The van der Waals surface area contributed by atoms with Crippen LogP contribution < -0.4 is 14.2 Å². The normalized spacial score (nSPS) is 9.80. The third-order valence-electron chi connectivity index (χ3n) is 3.06. The molecule has 2 rings (SSSR count). The summed E-state index contributed by atoms with van der Waals surface area (Å²) in [6.07, 6.45) is 1.59. The number of hydrogen-bond acceptors (Lipinski definition) is 5. The lowest BCUT2D eigenvalue weighted by atomic mass is 10.2. The van der Waals surface area contributed by atoms with Crippen molar-refractivity contribution >= 4 is 11.9 Å². The third-order valence-corrected chi connectivity index (χ3v) is 3.06. The van der Waals surface area contributed by atoms with Crippen LogP contribution in [0.15, 0.2) is 73.3 Å². The second-order valence-electron chi connectivity index (χ2n) is 5.13. The van der Waals surface area contributed by atoms with Gasteiger partial charge in [0.2, 0.25) is 0 Å². The largest absolute Gasteiger partial charge is 0.489 e. The summed E-state index contributed by atoms with van der Waals surface area (Å²) in [5.41, 5.74) is 0.605. The maximum absolute atomic E-state index is 12.3. The van der Waals surface area contributed by atoms with Gasteiger partial charge in [-0.2, -0.15) is 0 Å². The number of carbonyl (C=O) groups is 2. The highest BCUT2D eigenvalue weighted by atomic mass is 16.5. The molecule has 5 heteroatoms. The number of esters is 2. The maximum Gasteiger partial charge on any atom is 0.347 e.